The molecule has 0 amide bonds. The number of allylic oxidation sites excluding steroid dienone is 1. The SMILES string of the molecule is COC(=O)C1=C(C)N(c2cccc(C(F)(F)F)c2)c2n[nH]c(=O)n2[C@@H]1c1ccc(C#N)cc1CCCCCBr. The number of unbranched alkanes of at least 4 members (excludes halogenated alkanes) is 2. The number of ether oxygens (including phenoxy) is 1. The van der Waals surface area contributed by atoms with E-state index in [1.54, 1.807) is 25.1 Å². The highest BCUT2D eigenvalue weighted by molar-refractivity contribution is 9.09. The lowest BCUT2D eigenvalue weighted by Crippen LogP contribution is -2.38. The zero-order valence-electron chi connectivity index (χ0n) is 21.2. The fraction of sp³-hybridized carbons (Fsp3) is 0.333. The molecule has 0 aliphatic carbocycles. The van der Waals surface area contributed by atoms with E-state index in [4.69, 9.17) is 4.74 Å². The van der Waals surface area contributed by atoms with Gasteiger partial charge >= 0.3 is 17.8 Å². The predicted octanol–water partition coefficient (Wildman–Crippen LogP) is 5.76. The van der Waals surface area contributed by atoms with Crippen molar-refractivity contribution < 1.29 is 22.7 Å². The molecule has 0 spiro atoms. The van der Waals surface area contributed by atoms with Gasteiger partial charge in [-0.2, -0.15) is 18.4 Å². The summed E-state index contributed by atoms with van der Waals surface area (Å²) >= 11 is 3.42. The minimum absolute atomic E-state index is 0.0177. The van der Waals surface area contributed by atoms with E-state index in [-0.39, 0.29) is 22.9 Å². The molecule has 8 nitrogen and oxygen atoms in total. The number of hydrogen-bond donors (Lipinski definition) is 1. The lowest BCUT2D eigenvalue weighted by Gasteiger charge is -2.36. The molecule has 1 aromatic heterocycles. The average Bonchev–Trinajstić information content (AvgIpc) is 3.30. The number of nitriles is 1. The summed E-state index contributed by atoms with van der Waals surface area (Å²) in [6, 6.07) is 10.7. The second-order valence-electron chi connectivity index (χ2n) is 9.00. The molecule has 2 aromatic carbocycles. The van der Waals surface area contributed by atoms with E-state index < -0.39 is 29.4 Å². The topological polar surface area (TPSA) is 104 Å². The maximum Gasteiger partial charge on any atom is 0.416 e. The first-order valence-electron chi connectivity index (χ1n) is 12.1. The van der Waals surface area contributed by atoms with Crippen molar-refractivity contribution in [3.05, 3.63) is 86.5 Å². The Morgan fingerprint density at radius 2 is 1.97 bits per heavy atom. The molecule has 39 heavy (non-hydrogen) atoms. The first-order valence-corrected chi connectivity index (χ1v) is 13.3. The van der Waals surface area contributed by atoms with Crippen LogP contribution in [0.15, 0.2) is 58.5 Å². The lowest BCUT2D eigenvalue weighted by atomic mass is 9.88. The maximum atomic E-state index is 13.5. The average molecular weight is 604 g/mol. The van der Waals surface area contributed by atoms with Crippen LogP contribution in [0, 0.1) is 11.3 Å². The third-order valence-electron chi connectivity index (χ3n) is 6.63. The highest BCUT2D eigenvalue weighted by Crippen LogP contribution is 2.43. The van der Waals surface area contributed by atoms with Crippen molar-refractivity contribution in [3.8, 4) is 6.07 Å². The Morgan fingerprint density at radius 1 is 1.21 bits per heavy atom. The molecule has 0 bridgehead atoms. The number of fused-ring (bicyclic) bond motifs is 1. The van der Waals surface area contributed by atoms with Crippen LogP contribution in [0.2, 0.25) is 0 Å². The van der Waals surface area contributed by atoms with Crippen LogP contribution in [0.25, 0.3) is 0 Å². The number of carbonyl (C=O) groups is 1. The van der Waals surface area contributed by atoms with Crippen LogP contribution >= 0.6 is 15.9 Å². The van der Waals surface area contributed by atoms with E-state index in [2.05, 4.69) is 32.2 Å². The molecule has 4 rings (SSSR count). The van der Waals surface area contributed by atoms with E-state index in [1.165, 1.54) is 28.7 Å². The molecule has 1 aliphatic rings. The van der Waals surface area contributed by atoms with Gasteiger partial charge < -0.3 is 4.74 Å². The number of alkyl halides is 4. The van der Waals surface area contributed by atoms with Crippen LogP contribution in [0.4, 0.5) is 24.8 Å². The molecular weight excluding hydrogens is 579 g/mol. The van der Waals surface area contributed by atoms with Gasteiger partial charge in [-0.3, -0.25) is 4.90 Å². The maximum absolute atomic E-state index is 13.5. The van der Waals surface area contributed by atoms with Crippen LogP contribution in [0.3, 0.4) is 0 Å². The van der Waals surface area contributed by atoms with Crippen LogP contribution in [-0.4, -0.2) is 33.2 Å². The Kier molecular flexibility index (Phi) is 8.30. The molecule has 1 atom stereocenters. The molecule has 1 aliphatic heterocycles. The predicted molar refractivity (Wildman–Crippen MR) is 142 cm³/mol. The third kappa shape index (κ3) is 5.49. The van der Waals surface area contributed by atoms with Gasteiger partial charge in [0.05, 0.1) is 29.9 Å². The van der Waals surface area contributed by atoms with E-state index in [0.717, 1.165) is 42.3 Å². The fourth-order valence-corrected chi connectivity index (χ4v) is 5.22. The summed E-state index contributed by atoms with van der Waals surface area (Å²) in [4.78, 5) is 27.7. The van der Waals surface area contributed by atoms with E-state index in [0.29, 0.717) is 17.5 Å². The molecule has 1 N–H and O–H groups in total. The second-order valence-corrected chi connectivity index (χ2v) is 9.79. The van der Waals surface area contributed by atoms with Gasteiger partial charge in [0.2, 0.25) is 5.95 Å². The van der Waals surface area contributed by atoms with E-state index in [1.807, 2.05) is 0 Å². The van der Waals surface area contributed by atoms with Gasteiger partial charge in [0.25, 0.3) is 0 Å². The highest BCUT2D eigenvalue weighted by Gasteiger charge is 2.41. The molecule has 0 unspecified atom stereocenters. The monoisotopic (exact) mass is 603 g/mol. The molecule has 3 aromatic rings. The minimum atomic E-state index is -4.60. The number of halogens is 4. The van der Waals surface area contributed by atoms with Crippen LogP contribution in [0.5, 0.6) is 0 Å². The fourth-order valence-electron chi connectivity index (χ4n) is 4.82. The standard InChI is InChI=1S/C27H25BrF3N5O3/c1-16-22(24(37)39-2)23(21-11-10-17(15-32)13-18(21)7-4-3-5-12-28)36-25(33-34-26(36)38)35(16)20-9-6-8-19(14-20)27(29,30)31/h6,8-11,13-14,23H,3-5,7,12H2,1-2H3,(H,34,38)/t23-/m1/s1. The number of aromatic nitrogens is 3. The van der Waals surface area contributed by atoms with E-state index in [9.17, 15) is 28.0 Å². The molecule has 2 heterocycles. The first-order chi connectivity index (χ1) is 18.6. The summed E-state index contributed by atoms with van der Waals surface area (Å²) in [6.45, 7) is 1.57. The zero-order chi connectivity index (χ0) is 28.3. The number of rotatable bonds is 8. The van der Waals surface area contributed by atoms with Crippen molar-refractivity contribution in [1.82, 2.24) is 14.8 Å². The largest absolute Gasteiger partial charge is 0.466 e. The van der Waals surface area contributed by atoms with E-state index >= 15 is 0 Å². The van der Waals surface area contributed by atoms with Crippen molar-refractivity contribution in [2.24, 2.45) is 0 Å². The van der Waals surface area contributed by atoms with Gasteiger partial charge in [0.15, 0.2) is 0 Å². The number of carbonyl (C=O) groups excluding carboxylic acids is 1. The minimum Gasteiger partial charge on any atom is -0.466 e. The molecular formula is C27H25BrF3N5O3. The lowest BCUT2D eigenvalue weighted by molar-refractivity contribution is -0.138. The van der Waals surface area contributed by atoms with Gasteiger partial charge in [0.1, 0.15) is 6.04 Å². The highest BCUT2D eigenvalue weighted by atomic mass is 79.9. The number of aromatic amines is 1. The van der Waals surface area contributed by atoms with Gasteiger partial charge in [0, 0.05) is 16.7 Å². The smallest absolute Gasteiger partial charge is 0.416 e. The summed E-state index contributed by atoms with van der Waals surface area (Å²) in [5, 5.41) is 16.9. The van der Waals surface area contributed by atoms with Gasteiger partial charge in [-0.05, 0) is 67.6 Å². The van der Waals surface area contributed by atoms with Crippen LogP contribution in [0.1, 0.15) is 54.5 Å². The number of nitrogens with one attached hydrogen (secondary N) is 1. The van der Waals surface area contributed by atoms with Crippen molar-refractivity contribution in [2.75, 3.05) is 17.3 Å². The second kappa shape index (κ2) is 11.5. The zero-order valence-corrected chi connectivity index (χ0v) is 22.8. The van der Waals surface area contributed by atoms with Crippen molar-refractivity contribution in [1.29, 1.82) is 5.26 Å². The Morgan fingerprint density at radius 3 is 2.64 bits per heavy atom. The summed E-state index contributed by atoms with van der Waals surface area (Å²) in [7, 11) is 1.20. The quantitative estimate of drug-likeness (QED) is 0.199. The molecule has 0 radical (unpaired) electrons. The van der Waals surface area contributed by atoms with Gasteiger partial charge in [-0.25, -0.2) is 19.3 Å². The molecule has 12 heteroatoms. The normalized spacial score (nSPS) is 15.2. The van der Waals surface area contributed by atoms with Crippen molar-refractivity contribution in [2.45, 2.75) is 44.8 Å². The number of aryl methyl sites for hydroxylation is 1. The summed E-state index contributed by atoms with van der Waals surface area (Å²) < 4.78 is 46.9. The number of anilines is 2. The molecule has 0 fully saturated rings. The van der Waals surface area contributed by atoms with Gasteiger partial charge in [-0.1, -0.05) is 34.5 Å². The number of H-pyrrole nitrogens is 1. The Balaban J connectivity index is 1.95. The summed E-state index contributed by atoms with van der Waals surface area (Å²) in [5.74, 6) is -0.730. The van der Waals surface area contributed by atoms with Gasteiger partial charge in [-0.15, -0.1) is 5.10 Å². The number of benzene rings is 2. The Bertz CT molecular complexity index is 1520. The third-order valence-corrected chi connectivity index (χ3v) is 7.19. The van der Waals surface area contributed by atoms with Crippen LogP contribution < -0.4 is 10.6 Å². The summed E-state index contributed by atoms with van der Waals surface area (Å²) in [5.41, 5.74) is 0.639. The Hall–Kier alpha value is -3.85. The first kappa shape index (κ1) is 28.2. The van der Waals surface area contributed by atoms with Crippen molar-refractivity contribution in [3.63, 3.8) is 0 Å². The summed E-state index contributed by atoms with van der Waals surface area (Å²) in [6.07, 6.45) is -1.33. The molecule has 204 valence electrons. The number of esters is 1. The number of nitrogens with zero attached hydrogens (tertiary/aromatic N) is 4. The number of hydrogen-bond acceptors (Lipinski definition) is 6. The van der Waals surface area contributed by atoms with Crippen molar-refractivity contribution >= 4 is 33.5 Å². The Labute approximate surface area is 230 Å². The van der Waals surface area contributed by atoms with Crippen LogP contribution in [-0.2, 0) is 22.1 Å². The molecule has 0 saturated carbocycles. The molecule has 0 saturated heterocycles. The number of methoxy groups -OCH3 is 1.